The number of phenols is 1. The molecule has 2 N–H and O–H groups in total. The van der Waals surface area contributed by atoms with Crippen molar-refractivity contribution in [3.63, 3.8) is 0 Å². The van der Waals surface area contributed by atoms with Gasteiger partial charge in [0.2, 0.25) is 0 Å². The maximum Gasteiger partial charge on any atom is 0.141 e. The van der Waals surface area contributed by atoms with Gasteiger partial charge in [-0.2, -0.15) is 0 Å². The van der Waals surface area contributed by atoms with Gasteiger partial charge in [-0.1, -0.05) is 12.1 Å². The summed E-state index contributed by atoms with van der Waals surface area (Å²) in [7, 11) is 0. The summed E-state index contributed by atoms with van der Waals surface area (Å²) >= 11 is 0. The average molecular weight is 226 g/mol. The molecule has 1 saturated heterocycles. The molecule has 1 aromatic carbocycles. The van der Waals surface area contributed by atoms with Gasteiger partial charge < -0.3 is 14.6 Å². The molecule has 5 nitrogen and oxygen atoms in total. The Hall–Kier alpha value is -1.14. The van der Waals surface area contributed by atoms with Crippen LogP contribution in [0.5, 0.6) is 5.75 Å². The summed E-state index contributed by atoms with van der Waals surface area (Å²) in [4.78, 5) is 4.33. The van der Waals surface area contributed by atoms with Gasteiger partial charge in [-0.25, -0.2) is 4.89 Å². The van der Waals surface area contributed by atoms with Crippen molar-refractivity contribution in [1.82, 2.24) is 0 Å². The van der Waals surface area contributed by atoms with Crippen molar-refractivity contribution in [2.75, 3.05) is 19.8 Å². The van der Waals surface area contributed by atoms with Gasteiger partial charge >= 0.3 is 0 Å². The van der Waals surface area contributed by atoms with Crippen LogP contribution in [0.3, 0.4) is 0 Å². The van der Waals surface area contributed by atoms with E-state index < -0.39 is 6.10 Å². The first-order valence-electron chi connectivity index (χ1n) is 5.08. The van der Waals surface area contributed by atoms with Gasteiger partial charge in [0.15, 0.2) is 0 Å². The molecule has 0 saturated carbocycles. The zero-order valence-electron chi connectivity index (χ0n) is 8.70. The SMILES string of the molecule is OOC(COCC1CO1)c1ccc(O)cc1. The Balaban J connectivity index is 1.84. The first-order chi connectivity index (χ1) is 7.79. The first-order valence-corrected chi connectivity index (χ1v) is 5.08. The summed E-state index contributed by atoms with van der Waals surface area (Å²) in [5, 5.41) is 17.9. The molecule has 0 spiro atoms. The lowest BCUT2D eigenvalue weighted by atomic mass is 10.1. The molecule has 16 heavy (non-hydrogen) atoms. The van der Waals surface area contributed by atoms with E-state index in [4.69, 9.17) is 19.8 Å². The summed E-state index contributed by atoms with van der Waals surface area (Å²) in [5.41, 5.74) is 0.747. The number of rotatable bonds is 6. The van der Waals surface area contributed by atoms with E-state index in [0.29, 0.717) is 6.61 Å². The summed E-state index contributed by atoms with van der Waals surface area (Å²) in [6, 6.07) is 6.41. The van der Waals surface area contributed by atoms with Gasteiger partial charge in [0.1, 0.15) is 18.0 Å². The average Bonchev–Trinajstić information content (AvgIpc) is 3.10. The van der Waals surface area contributed by atoms with Crippen molar-refractivity contribution in [3.8, 4) is 5.75 Å². The Kier molecular flexibility index (Phi) is 3.74. The fourth-order valence-electron chi connectivity index (χ4n) is 1.35. The minimum atomic E-state index is -0.542. The smallest absolute Gasteiger partial charge is 0.141 e. The van der Waals surface area contributed by atoms with Crippen LogP contribution in [0, 0.1) is 0 Å². The highest BCUT2D eigenvalue weighted by atomic mass is 17.1. The van der Waals surface area contributed by atoms with Crippen LogP contribution in [0.4, 0.5) is 0 Å². The van der Waals surface area contributed by atoms with Crippen molar-refractivity contribution < 1.29 is 24.7 Å². The normalized spacial score (nSPS) is 20.7. The molecule has 1 heterocycles. The third-order valence-electron chi connectivity index (χ3n) is 2.37. The highest BCUT2D eigenvalue weighted by Gasteiger charge is 2.23. The number of aromatic hydroxyl groups is 1. The molecule has 2 unspecified atom stereocenters. The molecular formula is C11H14O5. The molecular weight excluding hydrogens is 212 g/mol. The molecule has 0 radical (unpaired) electrons. The van der Waals surface area contributed by atoms with Gasteiger partial charge in [0.05, 0.1) is 19.8 Å². The number of hydrogen-bond acceptors (Lipinski definition) is 5. The van der Waals surface area contributed by atoms with E-state index in [1.807, 2.05) is 0 Å². The zero-order valence-corrected chi connectivity index (χ0v) is 8.70. The van der Waals surface area contributed by atoms with Gasteiger partial charge in [0.25, 0.3) is 0 Å². The van der Waals surface area contributed by atoms with Crippen LogP contribution < -0.4 is 0 Å². The molecule has 5 heteroatoms. The van der Waals surface area contributed by atoms with Crippen LogP contribution in [0.1, 0.15) is 11.7 Å². The number of hydrogen-bond donors (Lipinski definition) is 2. The van der Waals surface area contributed by atoms with Crippen molar-refractivity contribution in [2.24, 2.45) is 0 Å². The molecule has 1 aromatic rings. The third-order valence-corrected chi connectivity index (χ3v) is 2.37. The molecule has 2 rings (SSSR count). The predicted molar refractivity (Wildman–Crippen MR) is 55.1 cm³/mol. The van der Waals surface area contributed by atoms with Crippen molar-refractivity contribution >= 4 is 0 Å². The van der Waals surface area contributed by atoms with E-state index in [1.165, 1.54) is 12.1 Å². The summed E-state index contributed by atoms with van der Waals surface area (Å²) in [6.45, 7) is 1.50. The Labute approximate surface area is 93.1 Å². The molecule has 0 aliphatic carbocycles. The van der Waals surface area contributed by atoms with Gasteiger partial charge in [0, 0.05) is 0 Å². The van der Waals surface area contributed by atoms with Crippen LogP contribution in [-0.4, -0.2) is 36.3 Å². The maximum atomic E-state index is 9.12. The summed E-state index contributed by atoms with van der Waals surface area (Å²) < 4.78 is 10.3. The van der Waals surface area contributed by atoms with Crippen LogP contribution in [0.2, 0.25) is 0 Å². The second-order valence-electron chi connectivity index (χ2n) is 3.68. The second-order valence-corrected chi connectivity index (χ2v) is 3.68. The summed E-state index contributed by atoms with van der Waals surface area (Å²) in [5.74, 6) is 0.174. The summed E-state index contributed by atoms with van der Waals surface area (Å²) in [6.07, 6.45) is -0.349. The Bertz CT molecular complexity index is 320. The molecule has 1 aliphatic rings. The Morgan fingerprint density at radius 2 is 2.06 bits per heavy atom. The van der Waals surface area contributed by atoms with E-state index in [2.05, 4.69) is 4.89 Å². The molecule has 1 fully saturated rings. The lowest BCUT2D eigenvalue weighted by Gasteiger charge is -2.13. The quantitative estimate of drug-likeness (QED) is 0.435. The minimum absolute atomic E-state index is 0.174. The first kappa shape index (κ1) is 11.3. The van der Waals surface area contributed by atoms with Crippen LogP contribution in [0.25, 0.3) is 0 Å². The Morgan fingerprint density at radius 3 is 2.62 bits per heavy atom. The number of ether oxygens (including phenoxy) is 2. The topological polar surface area (TPSA) is 71.5 Å². The van der Waals surface area contributed by atoms with E-state index >= 15 is 0 Å². The molecule has 0 amide bonds. The molecule has 1 aliphatic heterocycles. The molecule has 88 valence electrons. The van der Waals surface area contributed by atoms with E-state index in [1.54, 1.807) is 12.1 Å². The number of epoxide rings is 1. The molecule has 2 atom stereocenters. The van der Waals surface area contributed by atoms with Crippen LogP contribution >= 0.6 is 0 Å². The van der Waals surface area contributed by atoms with E-state index in [9.17, 15) is 0 Å². The van der Waals surface area contributed by atoms with Gasteiger partial charge in [-0.15, -0.1) is 0 Å². The lowest BCUT2D eigenvalue weighted by Crippen LogP contribution is -2.12. The van der Waals surface area contributed by atoms with Crippen molar-refractivity contribution in [2.45, 2.75) is 12.2 Å². The van der Waals surface area contributed by atoms with E-state index in [-0.39, 0.29) is 18.5 Å². The zero-order chi connectivity index (χ0) is 11.4. The molecule has 0 bridgehead atoms. The van der Waals surface area contributed by atoms with Crippen molar-refractivity contribution in [1.29, 1.82) is 0 Å². The van der Waals surface area contributed by atoms with Gasteiger partial charge in [-0.3, -0.25) is 5.26 Å². The van der Waals surface area contributed by atoms with Crippen molar-refractivity contribution in [3.05, 3.63) is 29.8 Å². The van der Waals surface area contributed by atoms with Crippen LogP contribution in [0.15, 0.2) is 24.3 Å². The maximum absolute atomic E-state index is 9.12. The fourth-order valence-corrected chi connectivity index (χ4v) is 1.35. The van der Waals surface area contributed by atoms with E-state index in [0.717, 1.165) is 12.2 Å². The highest BCUT2D eigenvalue weighted by Crippen LogP contribution is 2.20. The monoisotopic (exact) mass is 226 g/mol. The standard InChI is InChI=1S/C11H14O5/c12-9-3-1-8(2-4-9)11(16-13)7-14-5-10-6-15-10/h1-4,10-13H,5-7H2. The fraction of sp³-hybridized carbons (Fsp3) is 0.455. The number of benzene rings is 1. The molecule has 0 aromatic heterocycles. The largest absolute Gasteiger partial charge is 0.508 e. The Morgan fingerprint density at radius 1 is 1.38 bits per heavy atom. The lowest BCUT2D eigenvalue weighted by molar-refractivity contribution is -0.290. The minimum Gasteiger partial charge on any atom is -0.508 e. The second kappa shape index (κ2) is 5.27. The highest BCUT2D eigenvalue weighted by molar-refractivity contribution is 5.27. The third kappa shape index (κ3) is 3.18. The van der Waals surface area contributed by atoms with Gasteiger partial charge in [-0.05, 0) is 17.7 Å². The predicted octanol–water partition coefficient (Wildman–Crippen LogP) is 1.34. The van der Waals surface area contributed by atoms with Crippen LogP contribution in [-0.2, 0) is 14.4 Å². The number of phenolic OH excluding ortho intramolecular Hbond substituents is 1.